The van der Waals surface area contributed by atoms with E-state index in [-0.39, 0.29) is 11.8 Å². The number of anilines is 1. The van der Waals surface area contributed by atoms with Gasteiger partial charge in [0.1, 0.15) is 5.01 Å². The van der Waals surface area contributed by atoms with E-state index in [0.717, 1.165) is 44.2 Å². The molecule has 150 valence electrons. The summed E-state index contributed by atoms with van der Waals surface area (Å²) in [6.45, 7) is 7.78. The number of likely N-dealkylation sites (N-methyl/N-ethyl adjacent to an activating group) is 1. The highest BCUT2D eigenvalue weighted by molar-refractivity contribution is 7.13. The summed E-state index contributed by atoms with van der Waals surface area (Å²) < 4.78 is 0. The normalized spacial score (nSPS) is 15.4. The van der Waals surface area contributed by atoms with Gasteiger partial charge in [0.05, 0.1) is 0 Å². The molecule has 8 nitrogen and oxygen atoms in total. The molecule has 1 aromatic heterocycles. The molecular weight excluding hydrogens is 376 g/mol. The number of rotatable bonds is 7. The van der Waals surface area contributed by atoms with Crippen molar-refractivity contribution < 1.29 is 9.59 Å². The molecule has 2 amide bonds. The second kappa shape index (κ2) is 9.72. The predicted molar refractivity (Wildman–Crippen MR) is 110 cm³/mol. The third-order valence-electron chi connectivity index (χ3n) is 4.64. The average Bonchev–Trinajstić information content (AvgIpc) is 3.13. The number of aromatic nitrogens is 2. The zero-order valence-corrected chi connectivity index (χ0v) is 17.1. The van der Waals surface area contributed by atoms with Crippen LogP contribution in [0.4, 0.5) is 5.69 Å². The summed E-state index contributed by atoms with van der Waals surface area (Å²) in [5, 5.41) is 14.4. The number of amides is 2. The Balaban J connectivity index is 1.45. The summed E-state index contributed by atoms with van der Waals surface area (Å²) >= 11 is 1.23. The van der Waals surface area contributed by atoms with Crippen LogP contribution in [0.5, 0.6) is 0 Å². The zero-order valence-electron chi connectivity index (χ0n) is 16.3. The Kier molecular flexibility index (Phi) is 7.07. The van der Waals surface area contributed by atoms with Crippen molar-refractivity contribution in [2.24, 2.45) is 0 Å². The van der Waals surface area contributed by atoms with Gasteiger partial charge >= 0.3 is 0 Å². The maximum atomic E-state index is 12.4. The molecule has 0 bridgehead atoms. The highest BCUT2D eigenvalue weighted by atomic mass is 32.1. The molecule has 0 atom stereocenters. The van der Waals surface area contributed by atoms with Crippen LogP contribution in [0, 0.1) is 6.92 Å². The molecule has 2 N–H and O–H groups in total. The Morgan fingerprint density at radius 1 is 1.14 bits per heavy atom. The molecule has 0 aliphatic carbocycles. The third-order valence-corrected chi connectivity index (χ3v) is 5.47. The van der Waals surface area contributed by atoms with Crippen LogP contribution in [-0.2, 0) is 0 Å². The van der Waals surface area contributed by atoms with Crippen LogP contribution in [-0.4, -0.2) is 78.1 Å². The number of hydrogen-bond donors (Lipinski definition) is 2. The minimum atomic E-state index is -0.324. The molecule has 0 radical (unpaired) electrons. The third kappa shape index (κ3) is 5.82. The number of carbonyl (C=O) groups excluding carboxylic acids is 2. The Bertz CT molecular complexity index is 816. The predicted octanol–water partition coefficient (Wildman–Crippen LogP) is 1.47. The van der Waals surface area contributed by atoms with Gasteiger partial charge in [-0.3, -0.25) is 9.59 Å². The molecular formula is C19H26N6O2S. The molecule has 1 aliphatic rings. The van der Waals surface area contributed by atoms with Gasteiger partial charge in [-0.15, -0.1) is 10.2 Å². The summed E-state index contributed by atoms with van der Waals surface area (Å²) in [4.78, 5) is 29.3. The van der Waals surface area contributed by atoms with E-state index in [1.807, 2.05) is 0 Å². The molecule has 3 rings (SSSR count). The molecule has 0 unspecified atom stereocenters. The van der Waals surface area contributed by atoms with Crippen molar-refractivity contribution in [3.05, 3.63) is 39.8 Å². The van der Waals surface area contributed by atoms with Crippen LogP contribution >= 0.6 is 11.3 Å². The molecule has 2 heterocycles. The number of nitrogens with zero attached hydrogens (tertiary/aromatic N) is 4. The van der Waals surface area contributed by atoms with Gasteiger partial charge in [-0.25, -0.2) is 0 Å². The van der Waals surface area contributed by atoms with E-state index in [1.165, 1.54) is 11.3 Å². The van der Waals surface area contributed by atoms with E-state index in [2.05, 4.69) is 37.7 Å². The van der Waals surface area contributed by atoms with Crippen LogP contribution in [0.3, 0.4) is 0 Å². The van der Waals surface area contributed by atoms with Crippen LogP contribution in [0.2, 0.25) is 0 Å². The Labute approximate surface area is 168 Å². The second-order valence-electron chi connectivity index (χ2n) is 6.92. The van der Waals surface area contributed by atoms with Gasteiger partial charge in [-0.1, -0.05) is 17.4 Å². The van der Waals surface area contributed by atoms with Crippen molar-refractivity contribution in [2.75, 3.05) is 51.6 Å². The van der Waals surface area contributed by atoms with Crippen LogP contribution in [0.1, 0.15) is 31.6 Å². The van der Waals surface area contributed by atoms with Crippen LogP contribution in [0.15, 0.2) is 24.3 Å². The van der Waals surface area contributed by atoms with E-state index in [9.17, 15) is 9.59 Å². The number of hydrogen-bond acceptors (Lipinski definition) is 7. The first-order chi connectivity index (χ1) is 13.5. The summed E-state index contributed by atoms with van der Waals surface area (Å²) in [6.07, 6.45) is 0.919. The quantitative estimate of drug-likeness (QED) is 0.682. The Hall–Kier alpha value is -2.36. The van der Waals surface area contributed by atoms with Gasteiger partial charge in [0, 0.05) is 44.0 Å². The van der Waals surface area contributed by atoms with Crippen molar-refractivity contribution >= 4 is 28.8 Å². The summed E-state index contributed by atoms with van der Waals surface area (Å²) in [5.41, 5.74) is 1.08. The Morgan fingerprint density at radius 3 is 2.64 bits per heavy atom. The first-order valence-corrected chi connectivity index (χ1v) is 10.2. The van der Waals surface area contributed by atoms with E-state index < -0.39 is 0 Å². The average molecular weight is 403 g/mol. The second-order valence-corrected chi connectivity index (χ2v) is 8.10. The lowest BCUT2D eigenvalue weighted by atomic mass is 10.2. The minimum Gasteiger partial charge on any atom is -0.352 e. The van der Waals surface area contributed by atoms with Gasteiger partial charge in [-0.2, -0.15) is 0 Å². The molecule has 28 heavy (non-hydrogen) atoms. The van der Waals surface area contributed by atoms with Gasteiger partial charge in [-0.05, 0) is 45.1 Å². The molecule has 2 aromatic rings. The van der Waals surface area contributed by atoms with Gasteiger partial charge in [0.2, 0.25) is 5.01 Å². The molecule has 0 spiro atoms. The molecule has 1 fully saturated rings. The van der Waals surface area contributed by atoms with Crippen molar-refractivity contribution in [3.8, 4) is 0 Å². The number of piperazine rings is 1. The number of carbonyl (C=O) groups is 2. The van der Waals surface area contributed by atoms with E-state index in [1.54, 1.807) is 31.2 Å². The monoisotopic (exact) mass is 402 g/mol. The van der Waals surface area contributed by atoms with Crippen LogP contribution < -0.4 is 10.6 Å². The number of nitrogens with one attached hydrogen (secondary N) is 2. The maximum absolute atomic E-state index is 12.4. The van der Waals surface area contributed by atoms with E-state index in [4.69, 9.17) is 0 Å². The molecule has 1 aliphatic heterocycles. The first-order valence-electron chi connectivity index (χ1n) is 9.42. The molecule has 1 saturated heterocycles. The van der Waals surface area contributed by atoms with Crippen molar-refractivity contribution in [1.82, 2.24) is 25.3 Å². The summed E-state index contributed by atoms with van der Waals surface area (Å²) in [5.74, 6) is -0.462. The standard InChI is InChI=1S/C19H26N6O2S/c1-14-22-23-19(28-14)18(27)21-16-6-3-5-15(13-16)17(26)20-7-4-8-25-11-9-24(2)10-12-25/h3,5-6,13H,4,7-12H2,1-2H3,(H,20,26)(H,21,27). The van der Waals surface area contributed by atoms with Crippen molar-refractivity contribution in [1.29, 1.82) is 0 Å². The first kappa shape index (κ1) is 20.4. The van der Waals surface area contributed by atoms with Gasteiger partial charge < -0.3 is 20.4 Å². The van der Waals surface area contributed by atoms with Crippen molar-refractivity contribution in [3.63, 3.8) is 0 Å². The lowest BCUT2D eigenvalue weighted by Crippen LogP contribution is -2.45. The van der Waals surface area contributed by atoms with Gasteiger partial charge in [0.25, 0.3) is 11.8 Å². The smallest absolute Gasteiger partial charge is 0.286 e. The fourth-order valence-corrected chi connectivity index (χ4v) is 3.58. The zero-order chi connectivity index (χ0) is 19.9. The Morgan fingerprint density at radius 2 is 1.93 bits per heavy atom. The highest BCUT2D eigenvalue weighted by Crippen LogP contribution is 2.14. The number of aryl methyl sites for hydroxylation is 1. The summed E-state index contributed by atoms with van der Waals surface area (Å²) in [6, 6.07) is 6.90. The lowest BCUT2D eigenvalue weighted by Gasteiger charge is -2.32. The molecule has 9 heteroatoms. The fourth-order valence-electron chi connectivity index (χ4n) is 2.99. The molecule has 0 saturated carbocycles. The number of benzene rings is 1. The maximum Gasteiger partial charge on any atom is 0.286 e. The SMILES string of the molecule is Cc1nnc(C(=O)Nc2cccc(C(=O)NCCCN3CCN(C)CC3)c2)s1. The summed E-state index contributed by atoms with van der Waals surface area (Å²) in [7, 11) is 2.14. The highest BCUT2D eigenvalue weighted by Gasteiger charge is 2.14. The van der Waals surface area contributed by atoms with Crippen LogP contribution in [0.25, 0.3) is 0 Å². The topological polar surface area (TPSA) is 90.5 Å². The van der Waals surface area contributed by atoms with Gasteiger partial charge in [0.15, 0.2) is 0 Å². The lowest BCUT2D eigenvalue weighted by molar-refractivity contribution is 0.0948. The van der Waals surface area contributed by atoms with E-state index >= 15 is 0 Å². The fraction of sp³-hybridized carbons (Fsp3) is 0.474. The van der Waals surface area contributed by atoms with E-state index in [0.29, 0.717) is 22.8 Å². The van der Waals surface area contributed by atoms with Crippen molar-refractivity contribution in [2.45, 2.75) is 13.3 Å². The largest absolute Gasteiger partial charge is 0.352 e. The minimum absolute atomic E-state index is 0.138. The molecule has 1 aromatic carbocycles.